The van der Waals surface area contributed by atoms with Crippen LogP contribution in [0.15, 0.2) is 0 Å². The summed E-state index contributed by atoms with van der Waals surface area (Å²) in [5.41, 5.74) is -2.29. The van der Waals surface area contributed by atoms with Crippen molar-refractivity contribution in [3.63, 3.8) is 0 Å². The van der Waals surface area contributed by atoms with Gasteiger partial charge in [-0.25, -0.2) is 8.42 Å². The summed E-state index contributed by atoms with van der Waals surface area (Å²) < 4.78 is 66.4. The molecule has 0 bridgehead atoms. The van der Waals surface area contributed by atoms with Crippen LogP contribution in [0, 0.1) is 0 Å². The molecule has 0 spiro atoms. The van der Waals surface area contributed by atoms with Crippen molar-refractivity contribution in [1.82, 2.24) is 4.72 Å². The molecule has 106 valence electrons. The minimum atomic E-state index is -4.58. The quantitative estimate of drug-likeness (QED) is 0.739. The number of methoxy groups -OCH3 is 1. The van der Waals surface area contributed by atoms with E-state index >= 15 is 0 Å². The molecule has 0 radical (unpaired) electrons. The Bertz CT molecular complexity index is 414. The molecule has 0 aromatic carbocycles. The molecule has 0 amide bonds. The lowest BCUT2D eigenvalue weighted by atomic mass is 10.3. The van der Waals surface area contributed by atoms with Gasteiger partial charge < -0.3 is 4.74 Å². The number of esters is 1. The van der Waals surface area contributed by atoms with Gasteiger partial charge in [-0.05, 0) is 19.3 Å². The normalized spacial score (nSPS) is 18.4. The second kappa shape index (κ2) is 5.04. The van der Waals surface area contributed by atoms with E-state index < -0.39 is 33.5 Å². The fourth-order valence-corrected chi connectivity index (χ4v) is 2.97. The summed E-state index contributed by atoms with van der Waals surface area (Å²) in [7, 11) is -2.89. The summed E-state index contributed by atoms with van der Waals surface area (Å²) >= 11 is 0. The third kappa shape index (κ3) is 3.84. The molecule has 0 heterocycles. The number of carbonyl (C=O) groups excluding carboxylic acids is 1. The lowest BCUT2D eigenvalue weighted by molar-refractivity contribution is -0.160. The molecule has 0 atom stereocenters. The fourth-order valence-electron chi connectivity index (χ4n) is 1.43. The van der Waals surface area contributed by atoms with Crippen LogP contribution in [0.3, 0.4) is 0 Å². The molecule has 1 aliphatic rings. The van der Waals surface area contributed by atoms with Crippen molar-refractivity contribution in [3.05, 3.63) is 0 Å². The van der Waals surface area contributed by atoms with Crippen LogP contribution in [0.2, 0.25) is 0 Å². The van der Waals surface area contributed by atoms with Crippen LogP contribution >= 0.6 is 0 Å². The van der Waals surface area contributed by atoms with Gasteiger partial charge >= 0.3 is 12.1 Å². The number of hydrogen-bond acceptors (Lipinski definition) is 4. The number of halogens is 3. The Morgan fingerprint density at radius 2 is 1.94 bits per heavy atom. The summed E-state index contributed by atoms with van der Waals surface area (Å²) in [6.45, 7) is 0. The van der Waals surface area contributed by atoms with Crippen LogP contribution in [-0.2, 0) is 19.6 Å². The zero-order chi connectivity index (χ0) is 14.0. The van der Waals surface area contributed by atoms with Crippen molar-refractivity contribution in [2.24, 2.45) is 0 Å². The molecule has 18 heavy (non-hydrogen) atoms. The third-order valence-corrected chi connectivity index (χ3v) is 4.19. The molecule has 1 aliphatic carbocycles. The maximum Gasteiger partial charge on any atom is 0.407 e. The van der Waals surface area contributed by atoms with Gasteiger partial charge in [-0.2, -0.15) is 17.9 Å². The van der Waals surface area contributed by atoms with Crippen molar-refractivity contribution in [3.8, 4) is 0 Å². The van der Waals surface area contributed by atoms with E-state index in [4.69, 9.17) is 0 Å². The van der Waals surface area contributed by atoms with Crippen LogP contribution < -0.4 is 4.72 Å². The van der Waals surface area contributed by atoms with Gasteiger partial charge in [0.15, 0.2) is 0 Å². The van der Waals surface area contributed by atoms with Crippen molar-refractivity contribution in [2.45, 2.75) is 37.4 Å². The van der Waals surface area contributed by atoms with Crippen LogP contribution in [0.5, 0.6) is 0 Å². The highest BCUT2D eigenvalue weighted by atomic mass is 32.2. The van der Waals surface area contributed by atoms with E-state index in [9.17, 15) is 26.4 Å². The first kappa shape index (κ1) is 15.2. The van der Waals surface area contributed by atoms with Gasteiger partial charge in [-0.15, -0.1) is 0 Å². The molecule has 0 aromatic heterocycles. The van der Waals surface area contributed by atoms with Crippen molar-refractivity contribution in [2.75, 3.05) is 12.9 Å². The standard InChI is InChI=1S/C9H14F3NO4S/c1-17-7(14)3-2-6-18(15,16)13-8(4-5-8)9(10,11)12/h13H,2-6H2,1H3. The van der Waals surface area contributed by atoms with Crippen LogP contribution in [-0.4, -0.2) is 39.0 Å². The van der Waals surface area contributed by atoms with Gasteiger partial charge in [-0.1, -0.05) is 0 Å². The molecule has 9 heteroatoms. The smallest absolute Gasteiger partial charge is 0.407 e. The molecular formula is C9H14F3NO4S. The zero-order valence-electron chi connectivity index (χ0n) is 9.71. The maximum atomic E-state index is 12.5. The lowest BCUT2D eigenvalue weighted by Gasteiger charge is -2.20. The summed E-state index contributed by atoms with van der Waals surface area (Å²) in [5, 5.41) is 0. The minimum Gasteiger partial charge on any atom is -0.469 e. The molecule has 1 rings (SSSR count). The van der Waals surface area contributed by atoms with E-state index in [1.54, 1.807) is 4.72 Å². The molecule has 0 aromatic rings. The Labute approximate surface area is 103 Å². The van der Waals surface area contributed by atoms with E-state index in [-0.39, 0.29) is 25.7 Å². The average Bonchev–Trinajstić information content (AvgIpc) is 2.96. The van der Waals surface area contributed by atoms with Crippen molar-refractivity contribution < 1.29 is 31.1 Å². The molecule has 1 fully saturated rings. The Morgan fingerprint density at radius 3 is 2.33 bits per heavy atom. The molecular weight excluding hydrogens is 275 g/mol. The molecule has 0 aliphatic heterocycles. The number of rotatable bonds is 6. The molecule has 0 unspecified atom stereocenters. The maximum absolute atomic E-state index is 12.5. The van der Waals surface area contributed by atoms with E-state index in [2.05, 4.69) is 4.74 Å². The lowest BCUT2D eigenvalue weighted by Crippen LogP contribution is -2.48. The van der Waals surface area contributed by atoms with Gasteiger partial charge in [0.25, 0.3) is 0 Å². The number of ether oxygens (including phenoxy) is 1. The Balaban J connectivity index is 2.49. The minimum absolute atomic E-state index is 0.0735. The summed E-state index contributed by atoms with van der Waals surface area (Å²) in [4.78, 5) is 10.7. The van der Waals surface area contributed by atoms with E-state index in [0.717, 1.165) is 7.11 Å². The van der Waals surface area contributed by atoms with E-state index in [0.29, 0.717) is 0 Å². The SMILES string of the molecule is COC(=O)CCCS(=O)(=O)NC1(C(F)(F)F)CC1. The second-order valence-electron chi connectivity index (χ2n) is 4.18. The van der Waals surface area contributed by atoms with Gasteiger partial charge in [0.2, 0.25) is 10.0 Å². The summed E-state index contributed by atoms with van der Waals surface area (Å²) in [5.74, 6) is -1.12. The van der Waals surface area contributed by atoms with Gasteiger partial charge in [-0.3, -0.25) is 4.79 Å². The average molecular weight is 289 g/mol. The number of alkyl halides is 3. The molecule has 1 N–H and O–H groups in total. The first-order valence-corrected chi connectivity index (χ1v) is 6.92. The predicted molar refractivity (Wildman–Crippen MR) is 56.2 cm³/mol. The Hall–Kier alpha value is -0.830. The Kier molecular flexibility index (Phi) is 4.26. The van der Waals surface area contributed by atoms with Gasteiger partial charge in [0.1, 0.15) is 5.54 Å². The van der Waals surface area contributed by atoms with Crippen molar-refractivity contribution in [1.29, 1.82) is 0 Å². The number of hydrogen-bond donors (Lipinski definition) is 1. The van der Waals surface area contributed by atoms with E-state index in [1.165, 1.54) is 0 Å². The summed E-state index contributed by atoms with van der Waals surface area (Å²) in [6.07, 6.45) is -5.28. The zero-order valence-corrected chi connectivity index (χ0v) is 10.5. The monoisotopic (exact) mass is 289 g/mol. The van der Waals surface area contributed by atoms with Crippen LogP contribution in [0.25, 0.3) is 0 Å². The largest absolute Gasteiger partial charge is 0.469 e. The first-order chi connectivity index (χ1) is 8.12. The topological polar surface area (TPSA) is 72.5 Å². The van der Waals surface area contributed by atoms with Gasteiger partial charge in [0, 0.05) is 6.42 Å². The first-order valence-electron chi connectivity index (χ1n) is 5.27. The number of nitrogens with one attached hydrogen (secondary N) is 1. The highest BCUT2D eigenvalue weighted by Gasteiger charge is 2.65. The van der Waals surface area contributed by atoms with Gasteiger partial charge in [0.05, 0.1) is 12.9 Å². The molecule has 0 saturated heterocycles. The Morgan fingerprint density at radius 1 is 1.39 bits per heavy atom. The number of sulfonamides is 1. The predicted octanol–water partition coefficient (Wildman–Crippen LogP) is 0.954. The van der Waals surface area contributed by atoms with Crippen LogP contribution in [0.4, 0.5) is 13.2 Å². The highest BCUT2D eigenvalue weighted by molar-refractivity contribution is 7.89. The second-order valence-corrected chi connectivity index (χ2v) is 6.02. The van der Waals surface area contributed by atoms with Crippen LogP contribution in [0.1, 0.15) is 25.7 Å². The van der Waals surface area contributed by atoms with E-state index in [1.807, 2.05) is 0 Å². The summed E-state index contributed by atoms with van der Waals surface area (Å²) in [6, 6.07) is 0. The molecule has 1 saturated carbocycles. The number of carbonyl (C=O) groups is 1. The fraction of sp³-hybridized carbons (Fsp3) is 0.889. The van der Waals surface area contributed by atoms with Crippen molar-refractivity contribution >= 4 is 16.0 Å². The molecule has 5 nitrogen and oxygen atoms in total. The third-order valence-electron chi connectivity index (χ3n) is 2.67. The highest BCUT2D eigenvalue weighted by Crippen LogP contribution is 2.49.